The number of amides is 17. The Balaban J connectivity index is 1.24. The van der Waals surface area contributed by atoms with Gasteiger partial charge >= 0.3 is 5.97 Å². The highest BCUT2D eigenvalue weighted by Gasteiger charge is 2.45. The van der Waals surface area contributed by atoms with Crippen LogP contribution in [0.3, 0.4) is 0 Å². The van der Waals surface area contributed by atoms with Crippen molar-refractivity contribution in [2.45, 2.75) is 236 Å². The minimum Gasteiger partial charge on any atom is -0.508 e. The molecule has 778 valence electrons. The van der Waals surface area contributed by atoms with Crippen molar-refractivity contribution < 1.29 is 102 Å². The standard InChI is InChI=1S/C98H134N24O21S/c1-51(2)41-67-88(135)119-80(53(5)6)93(140)120-81(55(8)123)94(141)117-73(90(137)108-54(7)82(100)129)49-144-50-77(126)109-71(46-76(99)125)86(133)113-68(43-58-32-36-62(124)37-33-58)85(132)115-72(47-78(127)128)87(134)114-70(45-61-48-107-64-26-17-16-25-63(61)64)89(136)118-79(52(3)4)92(139)116-69(42-57-30-34-60(35-31-57)59-23-14-11-15-24-59)84(131)111-66(28-19-39-106-98(103)104)95(142)122-40-20-29-74(122)96(143)121(9)75(44-56-21-12-10-13-22-56)91(138)110-65(83(130)112-67)27-18-38-105-97(101)102/h10-17,21-26,30-37,48,51-55,65-75,79-81,107,123-124H,18-20,27-29,38-47,49-50H2,1-9H3,(H2,99,125)(H2,100,129)(H,108,137)(H,109,126)(H,110,138)(H,111,131)(H,112,130)(H,113,133)(H,114,134)(H,115,132)(H,116,139)(H,117,141)(H,118,136)(H,119,135)(H,120,140)(H,127,128)(H4,101,102,105)(H4,103,104,106)/t54-,55+,65-,66-,67-,68-,69-,70-,71-,72-,73-,74+,75-,79-,80-,81-/m0/s1. The minimum absolute atomic E-state index is 0.0104. The molecule has 2 saturated heterocycles. The van der Waals surface area contributed by atoms with Crippen LogP contribution in [-0.4, -0.2) is 283 Å². The fourth-order valence-electron chi connectivity index (χ4n) is 16.4. The van der Waals surface area contributed by atoms with E-state index in [0.29, 0.717) is 39.4 Å². The van der Waals surface area contributed by atoms with Gasteiger partial charge in [0.25, 0.3) is 0 Å². The molecule has 2 aliphatic rings. The monoisotopic (exact) mass is 2010 g/mol. The molecule has 0 unspecified atom stereocenters. The second-order valence-electron chi connectivity index (χ2n) is 36.9. The van der Waals surface area contributed by atoms with Crippen LogP contribution in [-0.2, 0) is 112 Å². The van der Waals surface area contributed by atoms with E-state index in [1.807, 2.05) is 30.3 Å². The maximum absolute atomic E-state index is 15.8. The minimum atomic E-state index is -2.14. The Hall–Kier alpha value is -15.2. The summed E-state index contributed by atoms with van der Waals surface area (Å²) in [6, 6.07) is 11.6. The van der Waals surface area contributed by atoms with Crippen LogP contribution in [0.4, 0.5) is 0 Å². The predicted molar refractivity (Wildman–Crippen MR) is 533 cm³/mol. The van der Waals surface area contributed by atoms with Crippen molar-refractivity contribution in [3.63, 3.8) is 0 Å². The number of carboxylic acid groups (broad SMARTS) is 1. The summed E-state index contributed by atoms with van der Waals surface area (Å²) in [5.74, 6) is -24.2. The molecular weight excluding hydrogens is 1880 g/mol. The van der Waals surface area contributed by atoms with Crippen LogP contribution in [0.5, 0.6) is 5.75 Å². The number of likely N-dealkylation sites (N-methyl/N-ethyl adjacent to an activating group) is 1. The molecule has 1 aromatic heterocycles. The number of aliphatic carboxylic acids is 1. The third kappa shape index (κ3) is 35.2. The molecule has 45 nitrogen and oxygen atoms in total. The number of thioether (sulfide) groups is 1. The molecule has 3 heterocycles. The number of carboxylic acids is 1. The molecule has 0 spiro atoms. The van der Waals surface area contributed by atoms with Gasteiger partial charge in [-0.2, -0.15) is 0 Å². The Morgan fingerprint density at radius 2 is 0.931 bits per heavy atom. The van der Waals surface area contributed by atoms with Crippen LogP contribution >= 0.6 is 11.8 Å². The number of aliphatic hydroxyl groups is 1. The van der Waals surface area contributed by atoms with E-state index in [4.69, 9.17) is 33.8 Å². The SMILES string of the molecule is CC(C)C[C@@H]1NC(=O)[C@H](CCCNC(=N)N)NC(=O)[C@H](Cc2ccccc2)N(C)C(=O)[C@H]2CCCN2C(=O)[C@H](CCCNC(=N)N)NC(=O)[C@H](Cc2ccc(-c3ccccc3)cc2)NC(=O)[C@H](C(C)C)NC(=O)[C@H](Cc2c[nH]c3ccccc23)NC(=O)[C@H](CC(=O)O)NC(=O)[C@H](Cc2ccc(O)cc2)NC(=O)[C@H](CC(N)=O)NC(=O)CSC[C@@H](C(=O)N[C@@H](C)C(N)=O)NC(=O)[C@H]([C@@H](C)O)NC(=O)[C@H](C(C)C)NC1=O. The average Bonchev–Trinajstić information content (AvgIpc) is 1.47. The van der Waals surface area contributed by atoms with Crippen LogP contribution in [0.15, 0.2) is 140 Å². The summed E-state index contributed by atoms with van der Waals surface area (Å²) in [7, 11) is 1.34. The quantitative estimate of drug-likeness (QED) is 0.0135. The second kappa shape index (κ2) is 55.2. The molecule has 0 radical (unpaired) electrons. The number of carbonyl (C=O) groups is 18. The Kier molecular flexibility index (Phi) is 43.7. The lowest BCUT2D eigenvalue weighted by Crippen LogP contribution is -2.63. The topological polar surface area (TPSA) is 722 Å². The smallest absolute Gasteiger partial charge is 0.305 e. The molecule has 17 amide bonds. The lowest BCUT2D eigenvalue weighted by Gasteiger charge is -2.35. The van der Waals surface area contributed by atoms with Gasteiger partial charge in [-0.05, 0) is 128 Å². The van der Waals surface area contributed by atoms with Crippen molar-refractivity contribution >= 4 is 141 Å². The van der Waals surface area contributed by atoms with E-state index >= 15 is 43.2 Å². The van der Waals surface area contributed by atoms with E-state index in [-0.39, 0.29) is 94.7 Å². The number of phenolic OH excluding ortho intramolecular Hbond substituents is 1. The van der Waals surface area contributed by atoms with Gasteiger partial charge in [-0.3, -0.25) is 97.1 Å². The van der Waals surface area contributed by atoms with E-state index in [1.54, 1.807) is 107 Å². The molecule has 16 atom stereocenters. The fraction of sp³-hybridized carbons (Fsp3) is 0.469. The first-order valence-corrected chi connectivity index (χ1v) is 48.6. The summed E-state index contributed by atoms with van der Waals surface area (Å²) in [6.45, 7) is 11.8. The first-order valence-electron chi connectivity index (χ1n) is 47.5. The number of nitrogens with zero attached hydrogens (tertiary/aromatic N) is 2. The van der Waals surface area contributed by atoms with Gasteiger partial charge in [-0.15, -0.1) is 11.8 Å². The number of rotatable bonds is 29. The number of nitrogens with one attached hydrogen (secondary N) is 18. The summed E-state index contributed by atoms with van der Waals surface area (Å²) in [5, 5.41) is 87.2. The Morgan fingerprint density at radius 1 is 0.479 bits per heavy atom. The van der Waals surface area contributed by atoms with Gasteiger partial charge < -0.3 is 133 Å². The molecule has 46 heteroatoms. The first-order chi connectivity index (χ1) is 68.2. The van der Waals surface area contributed by atoms with Crippen molar-refractivity contribution in [1.29, 1.82) is 10.8 Å². The second-order valence-corrected chi connectivity index (χ2v) is 37.9. The number of aromatic hydroxyl groups is 1. The highest BCUT2D eigenvalue weighted by Crippen LogP contribution is 2.27. The number of benzene rings is 5. The molecule has 2 fully saturated rings. The number of fused-ring (bicyclic) bond motifs is 2. The van der Waals surface area contributed by atoms with Crippen LogP contribution in [0.25, 0.3) is 22.0 Å². The average molecular weight is 2020 g/mol. The van der Waals surface area contributed by atoms with Crippen LogP contribution in [0.2, 0.25) is 0 Å². The van der Waals surface area contributed by atoms with E-state index in [0.717, 1.165) is 23.0 Å². The maximum Gasteiger partial charge on any atom is 0.305 e. The van der Waals surface area contributed by atoms with Gasteiger partial charge in [0, 0.05) is 75.2 Å². The van der Waals surface area contributed by atoms with Crippen molar-refractivity contribution in [2.24, 2.45) is 40.7 Å². The molecule has 2 aliphatic heterocycles. The summed E-state index contributed by atoms with van der Waals surface area (Å²) in [4.78, 5) is 270. The van der Waals surface area contributed by atoms with Gasteiger partial charge in [0.05, 0.1) is 24.7 Å². The molecule has 5 aromatic carbocycles. The van der Waals surface area contributed by atoms with Crippen LogP contribution in [0, 0.1) is 28.6 Å². The number of para-hydroxylation sites is 1. The van der Waals surface area contributed by atoms with Gasteiger partial charge in [-0.25, -0.2) is 0 Å². The third-order valence-electron chi connectivity index (χ3n) is 24.2. The number of phenols is 1. The normalized spacial score (nSPS) is 23.2. The number of aromatic nitrogens is 1. The Bertz CT molecular complexity index is 5540. The van der Waals surface area contributed by atoms with Crippen molar-refractivity contribution in [2.75, 3.05) is 38.2 Å². The zero-order valence-corrected chi connectivity index (χ0v) is 82.6. The zero-order chi connectivity index (χ0) is 106. The van der Waals surface area contributed by atoms with Gasteiger partial charge in [0.15, 0.2) is 11.9 Å². The molecule has 8 rings (SSSR count). The Morgan fingerprint density at radius 3 is 1.48 bits per heavy atom. The highest BCUT2D eigenvalue weighted by molar-refractivity contribution is 8.00. The van der Waals surface area contributed by atoms with E-state index < -0.39 is 264 Å². The van der Waals surface area contributed by atoms with E-state index in [9.17, 15) is 58.5 Å². The number of aromatic amines is 1. The van der Waals surface area contributed by atoms with Crippen molar-refractivity contribution in [3.8, 4) is 16.9 Å². The van der Waals surface area contributed by atoms with Gasteiger partial charge in [0.2, 0.25) is 100 Å². The third-order valence-corrected chi connectivity index (χ3v) is 25.2. The highest BCUT2D eigenvalue weighted by atomic mass is 32.2. The molecule has 0 bridgehead atoms. The number of aliphatic hydroxyl groups excluding tert-OH is 1. The molecule has 0 aliphatic carbocycles. The number of H-pyrrole nitrogens is 1. The lowest BCUT2D eigenvalue weighted by atomic mass is 9.98. The van der Waals surface area contributed by atoms with Crippen LogP contribution < -0.4 is 103 Å². The van der Waals surface area contributed by atoms with Crippen LogP contribution in [0.1, 0.15) is 135 Å². The van der Waals surface area contributed by atoms with E-state index in [2.05, 4.69) is 84.7 Å². The summed E-state index contributed by atoms with van der Waals surface area (Å²) in [5.41, 5.74) is 26.3. The van der Waals surface area contributed by atoms with Crippen molar-refractivity contribution in [1.82, 2.24) is 94.5 Å². The molecule has 6 aromatic rings. The first kappa shape index (κ1) is 114. The summed E-state index contributed by atoms with van der Waals surface area (Å²) in [6.07, 6.45) is -4.05. The molecule has 144 heavy (non-hydrogen) atoms. The van der Waals surface area contributed by atoms with Crippen molar-refractivity contribution in [3.05, 3.63) is 162 Å². The molecular formula is C98H134N24O21S. The number of hydrogen-bond donors (Lipinski definition) is 25. The maximum atomic E-state index is 15.8. The predicted octanol–water partition coefficient (Wildman–Crippen LogP) is -2.20. The Labute approximate surface area is 837 Å². The van der Waals surface area contributed by atoms with E-state index in [1.165, 1.54) is 63.2 Å². The molecule has 0 saturated carbocycles. The summed E-state index contributed by atoms with van der Waals surface area (Å²) >= 11 is 0.606. The zero-order valence-electron chi connectivity index (χ0n) is 81.8. The van der Waals surface area contributed by atoms with Gasteiger partial charge in [-0.1, -0.05) is 157 Å². The number of nitrogens with two attached hydrogens (primary N) is 4. The molecule has 29 N–H and O–H groups in total. The summed E-state index contributed by atoms with van der Waals surface area (Å²) < 4.78 is 0. The largest absolute Gasteiger partial charge is 0.508 e. The number of guanidine groups is 2. The number of hydrogen-bond acceptors (Lipinski definition) is 23. The lowest BCUT2D eigenvalue weighted by molar-refractivity contribution is -0.148. The van der Waals surface area contributed by atoms with Gasteiger partial charge in [0.1, 0.15) is 96.4 Å². The number of carbonyl (C=O) groups excluding carboxylic acids is 17. The number of primary amides is 2. The fourth-order valence-corrected chi connectivity index (χ4v) is 17.2.